The number of carbonyl (C=O) groups excluding carboxylic acids is 1. The Balaban J connectivity index is 1.86. The molecule has 2 rings (SSSR count). The van der Waals surface area contributed by atoms with Crippen LogP contribution in [0.5, 0.6) is 0 Å². The number of hydrogen-bond donors (Lipinski definition) is 2. The molecule has 0 fully saturated rings. The summed E-state index contributed by atoms with van der Waals surface area (Å²) in [5, 5.41) is 5.94. The minimum Gasteiger partial charge on any atom is -0.368 e. The average molecular weight is 330 g/mol. The Kier molecular flexibility index (Phi) is 4.96. The fraction of sp³-hybridized carbons (Fsp3) is 0.308. The summed E-state index contributed by atoms with van der Waals surface area (Å²) in [5.74, 6) is -0.553. The smallest absolute Gasteiger partial charge is 0.368 e. The van der Waals surface area contributed by atoms with Crippen molar-refractivity contribution in [2.24, 2.45) is 0 Å². The molecule has 0 aliphatic carbocycles. The SMILES string of the molecule is Cc1ncc(C(=O)NCCNc2ncccc2C(F)(F)F)s1. The summed E-state index contributed by atoms with van der Waals surface area (Å²) in [7, 11) is 0. The summed E-state index contributed by atoms with van der Waals surface area (Å²) in [6.45, 7) is 2.08. The molecule has 0 atom stereocenters. The highest BCUT2D eigenvalue weighted by Gasteiger charge is 2.33. The zero-order valence-corrected chi connectivity index (χ0v) is 12.4. The molecule has 0 aliphatic heterocycles. The van der Waals surface area contributed by atoms with Crippen LogP contribution >= 0.6 is 11.3 Å². The highest BCUT2D eigenvalue weighted by atomic mass is 32.1. The van der Waals surface area contributed by atoms with Gasteiger partial charge in [0.25, 0.3) is 5.91 Å². The lowest BCUT2D eigenvalue weighted by Crippen LogP contribution is -2.28. The molecule has 0 saturated heterocycles. The van der Waals surface area contributed by atoms with Gasteiger partial charge in [-0.2, -0.15) is 13.2 Å². The summed E-state index contributed by atoms with van der Waals surface area (Å²) in [6.07, 6.45) is -1.74. The standard InChI is InChI=1S/C13H13F3N4OS/c1-8-20-7-10(22-8)12(21)19-6-5-18-11-9(13(14,15)16)3-2-4-17-11/h2-4,7H,5-6H2,1H3,(H,17,18)(H,19,21). The lowest BCUT2D eigenvalue weighted by molar-refractivity contribution is -0.137. The molecule has 2 aromatic heterocycles. The first kappa shape index (κ1) is 16.2. The van der Waals surface area contributed by atoms with E-state index in [1.54, 1.807) is 6.92 Å². The lowest BCUT2D eigenvalue weighted by Gasteiger charge is -2.13. The van der Waals surface area contributed by atoms with Crippen LogP contribution in [0.2, 0.25) is 0 Å². The highest BCUT2D eigenvalue weighted by molar-refractivity contribution is 7.13. The summed E-state index contributed by atoms with van der Waals surface area (Å²) in [4.78, 5) is 19.8. The van der Waals surface area contributed by atoms with Crippen molar-refractivity contribution in [3.63, 3.8) is 0 Å². The maximum absolute atomic E-state index is 12.8. The zero-order chi connectivity index (χ0) is 16.2. The van der Waals surface area contributed by atoms with Crippen LogP contribution in [0.3, 0.4) is 0 Å². The largest absolute Gasteiger partial charge is 0.419 e. The number of halogens is 3. The molecule has 0 spiro atoms. The van der Waals surface area contributed by atoms with Gasteiger partial charge in [-0.05, 0) is 19.1 Å². The minimum absolute atomic E-state index is 0.129. The number of nitrogens with one attached hydrogen (secondary N) is 2. The van der Waals surface area contributed by atoms with Crippen LogP contribution in [0.25, 0.3) is 0 Å². The van der Waals surface area contributed by atoms with Gasteiger partial charge < -0.3 is 10.6 Å². The highest BCUT2D eigenvalue weighted by Crippen LogP contribution is 2.33. The number of rotatable bonds is 5. The van der Waals surface area contributed by atoms with E-state index in [4.69, 9.17) is 0 Å². The second kappa shape index (κ2) is 6.73. The van der Waals surface area contributed by atoms with Crippen molar-refractivity contribution in [1.82, 2.24) is 15.3 Å². The number of pyridine rings is 1. The number of amides is 1. The van der Waals surface area contributed by atoms with Crippen molar-refractivity contribution in [3.8, 4) is 0 Å². The van der Waals surface area contributed by atoms with Crippen LogP contribution in [0.4, 0.5) is 19.0 Å². The van der Waals surface area contributed by atoms with Gasteiger partial charge in [0.1, 0.15) is 10.7 Å². The van der Waals surface area contributed by atoms with Gasteiger partial charge in [0.05, 0.1) is 16.8 Å². The van der Waals surface area contributed by atoms with Crippen molar-refractivity contribution in [1.29, 1.82) is 0 Å². The van der Waals surface area contributed by atoms with Crippen LogP contribution in [0, 0.1) is 6.92 Å². The lowest BCUT2D eigenvalue weighted by atomic mass is 10.2. The zero-order valence-electron chi connectivity index (χ0n) is 11.6. The van der Waals surface area contributed by atoms with Crippen LogP contribution in [0.1, 0.15) is 20.2 Å². The first-order chi connectivity index (χ1) is 10.4. The molecule has 0 unspecified atom stereocenters. The topological polar surface area (TPSA) is 66.9 Å². The molecule has 118 valence electrons. The number of anilines is 1. The van der Waals surface area contributed by atoms with E-state index >= 15 is 0 Å². The van der Waals surface area contributed by atoms with E-state index in [1.165, 1.54) is 29.8 Å². The van der Waals surface area contributed by atoms with Crippen molar-refractivity contribution < 1.29 is 18.0 Å². The normalized spacial score (nSPS) is 11.3. The van der Waals surface area contributed by atoms with Crippen molar-refractivity contribution in [2.45, 2.75) is 13.1 Å². The van der Waals surface area contributed by atoms with E-state index in [1.807, 2.05) is 0 Å². The summed E-state index contributed by atoms with van der Waals surface area (Å²) in [5.41, 5.74) is -0.834. The number of nitrogens with zero attached hydrogens (tertiary/aromatic N) is 2. The molecule has 1 amide bonds. The van der Waals surface area contributed by atoms with Crippen molar-refractivity contribution in [2.75, 3.05) is 18.4 Å². The molecule has 0 aromatic carbocycles. The Morgan fingerprint density at radius 1 is 1.32 bits per heavy atom. The maximum atomic E-state index is 12.8. The van der Waals surface area contributed by atoms with E-state index in [0.717, 1.165) is 11.1 Å². The number of hydrogen-bond acceptors (Lipinski definition) is 5. The summed E-state index contributed by atoms with van der Waals surface area (Å²) < 4.78 is 38.3. The Morgan fingerprint density at radius 2 is 2.09 bits per heavy atom. The molecule has 0 saturated carbocycles. The van der Waals surface area contributed by atoms with Crippen LogP contribution < -0.4 is 10.6 Å². The minimum atomic E-state index is -4.47. The van der Waals surface area contributed by atoms with Crippen LogP contribution in [-0.2, 0) is 6.18 Å². The van der Waals surface area contributed by atoms with E-state index in [9.17, 15) is 18.0 Å². The van der Waals surface area contributed by atoms with E-state index in [0.29, 0.717) is 4.88 Å². The Hall–Kier alpha value is -2.16. The second-order valence-corrected chi connectivity index (χ2v) is 5.56. The molecule has 0 radical (unpaired) electrons. The van der Waals surface area contributed by atoms with Crippen molar-refractivity contribution in [3.05, 3.63) is 40.0 Å². The molecule has 2 aromatic rings. The molecule has 5 nitrogen and oxygen atoms in total. The Morgan fingerprint density at radius 3 is 2.73 bits per heavy atom. The van der Waals surface area contributed by atoms with E-state index in [-0.39, 0.29) is 24.8 Å². The first-order valence-electron chi connectivity index (χ1n) is 6.34. The van der Waals surface area contributed by atoms with Gasteiger partial charge in [-0.3, -0.25) is 4.79 Å². The summed E-state index contributed by atoms with van der Waals surface area (Å²) in [6, 6.07) is 2.18. The first-order valence-corrected chi connectivity index (χ1v) is 7.16. The maximum Gasteiger partial charge on any atom is 0.419 e. The number of carbonyl (C=O) groups is 1. The molecule has 0 aliphatic rings. The molecule has 2 heterocycles. The molecule has 22 heavy (non-hydrogen) atoms. The third kappa shape index (κ3) is 4.17. The number of aromatic nitrogens is 2. The number of alkyl halides is 3. The van der Waals surface area contributed by atoms with Crippen molar-refractivity contribution >= 4 is 23.1 Å². The van der Waals surface area contributed by atoms with Crippen LogP contribution in [0.15, 0.2) is 24.5 Å². The molecule has 2 N–H and O–H groups in total. The number of aryl methyl sites for hydroxylation is 1. The third-order valence-electron chi connectivity index (χ3n) is 2.66. The molecular formula is C13H13F3N4OS. The Bertz CT molecular complexity index is 657. The van der Waals surface area contributed by atoms with Gasteiger partial charge in [0, 0.05) is 19.3 Å². The van der Waals surface area contributed by atoms with E-state index in [2.05, 4.69) is 20.6 Å². The summed E-state index contributed by atoms with van der Waals surface area (Å²) >= 11 is 1.25. The van der Waals surface area contributed by atoms with Gasteiger partial charge in [-0.1, -0.05) is 0 Å². The molecular weight excluding hydrogens is 317 g/mol. The van der Waals surface area contributed by atoms with E-state index < -0.39 is 11.7 Å². The quantitative estimate of drug-likeness (QED) is 0.827. The fourth-order valence-corrected chi connectivity index (χ4v) is 2.38. The Labute approximate surface area is 128 Å². The predicted octanol–water partition coefficient (Wildman–Crippen LogP) is 2.71. The van der Waals surface area contributed by atoms with Crippen LogP contribution in [-0.4, -0.2) is 29.0 Å². The van der Waals surface area contributed by atoms with Gasteiger partial charge in [-0.25, -0.2) is 9.97 Å². The monoisotopic (exact) mass is 330 g/mol. The molecule has 9 heteroatoms. The average Bonchev–Trinajstić information content (AvgIpc) is 2.89. The van der Waals surface area contributed by atoms with Gasteiger partial charge in [0.15, 0.2) is 0 Å². The third-order valence-corrected chi connectivity index (χ3v) is 3.57. The fourth-order valence-electron chi connectivity index (χ4n) is 1.69. The second-order valence-electron chi connectivity index (χ2n) is 4.32. The predicted molar refractivity (Wildman–Crippen MR) is 76.9 cm³/mol. The van der Waals surface area contributed by atoms with Gasteiger partial charge >= 0.3 is 6.18 Å². The van der Waals surface area contributed by atoms with Gasteiger partial charge in [-0.15, -0.1) is 11.3 Å². The number of thiazole rings is 1. The molecule has 0 bridgehead atoms. The van der Waals surface area contributed by atoms with Gasteiger partial charge in [0.2, 0.25) is 0 Å².